The molecule has 5 heteroatoms. The Labute approximate surface area is 254 Å². The van der Waals surface area contributed by atoms with Gasteiger partial charge >= 0.3 is 0 Å². The third-order valence-electron chi connectivity index (χ3n) is 8.25. The molecule has 0 radical (unpaired) electrons. The highest BCUT2D eigenvalue weighted by molar-refractivity contribution is 6.30. The number of nitrogens with zero attached hydrogens (tertiary/aromatic N) is 1. The lowest BCUT2D eigenvalue weighted by Crippen LogP contribution is -2.53. The summed E-state index contributed by atoms with van der Waals surface area (Å²) in [4.78, 5) is 30.4. The third kappa shape index (κ3) is 8.10. The van der Waals surface area contributed by atoms with Crippen LogP contribution >= 0.6 is 11.6 Å². The molecule has 216 valence electrons. The summed E-state index contributed by atoms with van der Waals surface area (Å²) in [6, 6.07) is 37.4. The Hall–Kier alpha value is -3.89. The van der Waals surface area contributed by atoms with Gasteiger partial charge in [0.1, 0.15) is 6.04 Å². The van der Waals surface area contributed by atoms with Crippen molar-refractivity contribution in [3.63, 3.8) is 0 Å². The second-order valence-corrected chi connectivity index (χ2v) is 11.7. The van der Waals surface area contributed by atoms with Crippen LogP contribution in [-0.2, 0) is 22.6 Å². The van der Waals surface area contributed by atoms with Gasteiger partial charge in [-0.15, -0.1) is 0 Å². The molecule has 1 aliphatic rings. The van der Waals surface area contributed by atoms with Crippen LogP contribution in [0.15, 0.2) is 115 Å². The molecule has 4 aromatic rings. The molecule has 5 rings (SSSR count). The first-order valence-corrected chi connectivity index (χ1v) is 15.4. The Bertz CT molecular complexity index is 1380. The van der Waals surface area contributed by atoms with Crippen molar-refractivity contribution in [3.8, 4) is 0 Å². The quantitative estimate of drug-likeness (QED) is 0.196. The molecule has 4 aromatic carbocycles. The van der Waals surface area contributed by atoms with Crippen LogP contribution in [-0.4, -0.2) is 28.8 Å². The molecule has 1 saturated carbocycles. The van der Waals surface area contributed by atoms with Crippen LogP contribution < -0.4 is 5.32 Å². The Morgan fingerprint density at radius 2 is 1.31 bits per heavy atom. The average molecular weight is 579 g/mol. The summed E-state index contributed by atoms with van der Waals surface area (Å²) in [7, 11) is 0. The van der Waals surface area contributed by atoms with Crippen molar-refractivity contribution in [2.75, 3.05) is 0 Å². The number of benzene rings is 4. The highest BCUT2D eigenvalue weighted by atomic mass is 35.5. The van der Waals surface area contributed by atoms with Gasteiger partial charge in [-0.3, -0.25) is 9.59 Å². The minimum Gasteiger partial charge on any atom is -0.352 e. The fraction of sp³-hybridized carbons (Fsp3) is 0.297. The molecule has 0 saturated heterocycles. The van der Waals surface area contributed by atoms with Crippen molar-refractivity contribution in [3.05, 3.63) is 143 Å². The van der Waals surface area contributed by atoms with Gasteiger partial charge in [0.15, 0.2) is 0 Å². The molecule has 1 aliphatic carbocycles. The molecule has 42 heavy (non-hydrogen) atoms. The number of carbonyl (C=O) groups is 2. The molecular weight excluding hydrogens is 540 g/mol. The van der Waals surface area contributed by atoms with Crippen molar-refractivity contribution in [2.45, 2.75) is 69.5 Å². The summed E-state index contributed by atoms with van der Waals surface area (Å²) in [5.74, 6) is -0.287. The molecule has 4 nitrogen and oxygen atoms in total. The Morgan fingerprint density at radius 3 is 1.90 bits per heavy atom. The maximum absolute atomic E-state index is 14.5. The summed E-state index contributed by atoms with van der Waals surface area (Å²) in [6.45, 7) is 0.297. The molecular formula is C37H39ClN2O2. The monoisotopic (exact) mass is 578 g/mol. The van der Waals surface area contributed by atoms with Gasteiger partial charge < -0.3 is 10.2 Å². The van der Waals surface area contributed by atoms with Gasteiger partial charge in [0, 0.05) is 36.4 Å². The topological polar surface area (TPSA) is 49.4 Å². The molecule has 1 N–H and O–H groups in total. The molecule has 0 aromatic heterocycles. The summed E-state index contributed by atoms with van der Waals surface area (Å²) in [5.41, 5.74) is 4.07. The van der Waals surface area contributed by atoms with E-state index in [2.05, 4.69) is 29.6 Å². The predicted octanol–water partition coefficient (Wildman–Crippen LogP) is 7.95. The van der Waals surface area contributed by atoms with Gasteiger partial charge in [0.2, 0.25) is 11.8 Å². The fourth-order valence-electron chi connectivity index (χ4n) is 6.02. The molecule has 0 aliphatic heterocycles. The van der Waals surface area contributed by atoms with E-state index in [1.54, 1.807) is 4.90 Å². The van der Waals surface area contributed by atoms with E-state index in [0.29, 0.717) is 18.0 Å². The van der Waals surface area contributed by atoms with E-state index in [-0.39, 0.29) is 30.2 Å². The van der Waals surface area contributed by atoms with Crippen LogP contribution in [0, 0.1) is 0 Å². The van der Waals surface area contributed by atoms with Gasteiger partial charge in [-0.25, -0.2) is 0 Å². The van der Waals surface area contributed by atoms with E-state index in [4.69, 9.17) is 11.6 Å². The van der Waals surface area contributed by atoms with Crippen molar-refractivity contribution in [1.82, 2.24) is 10.2 Å². The number of halogens is 1. The zero-order valence-corrected chi connectivity index (χ0v) is 24.8. The first-order valence-electron chi connectivity index (χ1n) is 15.0. The van der Waals surface area contributed by atoms with Crippen LogP contribution in [0.2, 0.25) is 5.02 Å². The van der Waals surface area contributed by atoms with Crippen molar-refractivity contribution < 1.29 is 9.59 Å². The number of rotatable bonds is 11. The van der Waals surface area contributed by atoms with Gasteiger partial charge in [0.25, 0.3) is 0 Å². The molecule has 0 bridgehead atoms. The lowest BCUT2D eigenvalue weighted by atomic mass is 9.87. The van der Waals surface area contributed by atoms with E-state index in [1.165, 1.54) is 6.42 Å². The SMILES string of the molecule is O=C(NC1CCCCC1)C(Cc1ccccc1)N(Cc1cccc(Cl)c1)C(=O)CC(c1ccccc1)c1ccccc1. The molecule has 1 unspecified atom stereocenters. The fourth-order valence-corrected chi connectivity index (χ4v) is 6.23. The molecule has 0 heterocycles. The molecule has 1 atom stereocenters. The molecule has 1 fully saturated rings. The van der Waals surface area contributed by atoms with E-state index in [1.807, 2.05) is 91.0 Å². The molecule has 0 spiro atoms. The number of nitrogens with one attached hydrogen (secondary N) is 1. The van der Waals surface area contributed by atoms with Gasteiger partial charge in [-0.05, 0) is 47.2 Å². The van der Waals surface area contributed by atoms with Crippen molar-refractivity contribution in [1.29, 1.82) is 0 Å². The van der Waals surface area contributed by atoms with E-state index >= 15 is 0 Å². The largest absolute Gasteiger partial charge is 0.352 e. The minimum absolute atomic E-state index is 0.0626. The van der Waals surface area contributed by atoms with Gasteiger partial charge in [0.05, 0.1) is 0 Å². The Kier molecular flexibility index (Phi) is 10.5. The highest BCUT2D eigenvalue weighted by Gasteiger charge is 2.33. The summed E-state index contributed by atoms with van der Waals surface area (Å²) in [5, 5.41) is 3.94. The summed E-state index contributed by atoms with van der Waals surface area (Å²) >= 11 is 6.37. The third-order valence-corrected chi connectivity index (χ3v) is 8.48. The lowest BCUT2D eigenvalue weighted by molar-refractivity contribution is -0.141. The maximum atomic E-state index is 14.5. The zero-order valence-electron chi connectivity index (χ0n) is 24.0. The van der Waals surface area contributed by atoms with E-state index in [0.717, 1.165) is 47.9 Å². The number of carbonyl (C=O) groups excluding carboxylic acids is 2. The first-order chi connectivity index (χ1) is 20.6. The maximum Gasteiger partial charge on any atom is 0.243 e. The average Bonchev–Trinajstić information content (AvgIpc) is 3.03. The normalized spacial score (nSPS) is 14.3. The second kappa shape index (κ2) is 14.8. The highest BCUT2D eigenvalue weighted by Crippen LogP contribution is 2.30. The van der Waals surface area contributed by atoms with Crippen LogP contribution in [0.1, 0.15) is 66.7 Å². The summed E-state index contributed by atoms with van der Waals surface area (Å²) in [6.07, 6.45) is 6.10. The number of hydrogen-bond donors (Lipinski definition) is 1. The number of hydrogen-bond acceptors (Lipinski definition) is 2. The smallest absolute Gasteiger partial charge is 0.243 e. The predicted molar refractivity (Wildman–Crippen MR) is 170 cm³/mol. The molecule has 2 amide bonds. The first kappa shape index (κ1) is 29.6. The second-order valence-electron chi connectivity index (χ2n) is 11.3. The summed E-state index contributed by atoms with van der Waals surface area (Å²) < 4.78 is 0. The van der Waals surface area contributed by atoms with Crippen LogP contribution in [0.3, 0.4) is 0 Å². The lowest BCUT2D eigenvalue weighted by Gasteiger charge is -2.34. The van der Waals surface area contributed by atoms with Crippen LogP contribution in [0.4, 0.5) is 0 Å². The van der Waals surface area contributed by atoms with Crippen molar-refractivity contribution in [2.24, 2.45) is 0 Å². The van der Waals surface area contributed by atoms with Gasteiger partial charge in [-0.1, -0.05) is 134 Å². The van der Waals surface area contributed by atoms with E-state index < -0.39 is 6.04 Å². The number of amides is 2. The Morgan fingerprint density at radius 1 is 0.738 bits per heavy atom. The van der Waals surface area contributed by atoms with Crippen LogP contribution in [0.25, 0.3) is 0 Å². The van der Waals surface area contributed by atoms with Gasteiger partial charge in [-0.2, -0.15) is 0 Å². The standard InChI is InChI=1S/C37H39ClN2O2/c38-32-21-13-16-29(24-32)27-40(36(41)26-34(30-17-7-2-8-18-30)31-19-9-3-10-20-31)35(25-28-14-5-1-6-15-28)37(42)39-33-22-11-4-12-23-33/h1-3,5-10,13-21,24,33-35H,4,11-12,22-23,25-27H2,(H,39,42). The zero-order chi connectivity index (χ0) is 29.1. The van der Waals surface area contributed by atoms with Crippen molar-refractivity contribution >= 4 is 23.4 Å². The van der Waals surface area contributed by atoms with E-state index in [9.17, 15) is 9.59 Å². The minimum atomic E-state index is -0.659. The Balaban J connectivity index is 1.51. The van der Waals surface area contributed by atoms with Crippen LogP contribution in [0.5, 0.6) is 0 Å².